The van der Waals surface area contributed by atoms with E-state index in [-0.39, 0.29) is 0 Å². The van der Waals surface area contributed by atoms with Crippen LogP contribution in [0.5, 0.6) is 0 Å². The summed E-state index contributed by atoms with van der Waals surface area (Å²) in [6.07, 6.45) is -2.88. The van der Waals surface area contributed by atoms with Crippen LogP contribution in [0, 0.1) is 21.4 Å². The molecule has 0 radical (unpaired) electrons. The second-order valence-electron chi connectivity index (χ2n) is 2.41. The van der Waals surface area contributed by atoms with Gasteiger partial charge in [-0.25, -0.2) is 8.78 Å². The van der Waals surface area contributed by atoms with Gasteiger partial charge in [0.15, 0.2) is 0 Å². The van der Waals surface area contributed by atoms with Gasteiger partial charge in [0.2, 0.25) is 0 Å². The first-order valence-corrected chi connectivity index (χ1v) is 3.53. The van der Waals surface area contributed by atoms with Crippen molar-refractivity contribution in [3.63, 3.8) is 0 Å². The highest BCUT2D eigenvalue weighted by atomic mass is 19.3. The van der Waals surface area contributed by atoms with E-state index in [9.17, 15) is 18.9 Å². The lowest BCUT2D eigenvalue weighted by Crippen LogP contribution is -1.97. The minimum Gasteiger partial charge on any atom is -0.258 e. The molecule has 0 unspecified atom stereocenters. The van der Waals surface area contributed by atoms with Crippen LogP contribution in [0.4, 0.5) is 14.5 Å². The minimum absolute atomic E-state index is 0.576. The van der Waals surface area contributed by atoms with E-state index in [1.807, 2.05) is 0 Å². The third-order valence-corrected chi connectivity index (χ3v) is 1.62. The van der Waals surface area contributed by atoms with Crippen molar-refractivity contribution < 1.29 is 13.7 Å². The van der Waals surface area contributed by atoms with Gasteiger partial charge in [0.1, 0.15) is 11.6 Å². The van der Waals surface area contributed by atoms with Crippen LogP contribution in [0.2, 0.25) is 0 Å². The van der Waals surface area contributed by atoms with Gasteiger partial charge in [0.05, 0.1) is 4.92 Å². The molecule has 0 heterocycles. The Balaban J connectivity index is 3.42. The van der Waals surface area contributed by atoms with Crippen molar-refractivity contribution in [3.8, 4) is 6.07 Å². The van der Waals surface area contributed by atoms with E-state index in [0.29, 0.717) is 0 Å². The Labute approximate surface area is 77.5 Å². The van der Waals surface area contributed by atoms with Crippen molar-refractivity contribution >= 4 is 5.69 Å². The Hall–Kier alpha value is -2.03. The van der Waals surface area contributed by atoms with Crippen molar-refractivity contribution in [1.82, 2.24) is 0 Å². The maximum absolute atomic E-state index is 12.3. The number of hydrogen-bond donors (Lipinski definition) is 0. The van der Waals surface area contributed by atoms with Crippen LogP contribution in [-0.2, 0) is 0 Å². The molecule has 0 aliphatic carbocycles. The fraction of sp³-hybridized carbons (Fsp3) is 0.125. The highest BCUT2D eigenvalue weighted by molar-refractivity contribution is 5.53. The van der Waals surface area contributed by atoms with Crippen LogP contribution < -0.4 is 0 Å². The summed E-state index contributed by atoms with van der Waals surface area (Å²) in [6, 6.07) is 4.55. The predicted molar refractivity (Wildman–Crippen MR) is 42.8 cm³/mol. The molecular formula is C8H4F2N2O2. The van der Waals surface area contributed by atoms with Crippen molar-refractivity contribution in [2.75, 3.05) is 0 Å². The molecule has 0 amide bonds. The van der Waals surface area contributed by atoms with Crippen molar-refractivity contribution in [2.45, 2.75) is 6.43 Å². The molecular weight excluding hydrogens is 194 g/mol. The van der Waals surface area contributed by atoms with Crippen molar-refractivity contribution in [3.05, 3.63) is 39.4 Å². The van der Waals surface area contributed by atoms with Gasteiger partial charge < -0.3 is 0 Å². The molecule has 0 fully saturated rings. The normalized spacial score (nSPS) is 9.86. The van der Waals surface area contributed by atoms with Crippen LogP contribution in [0.3, 0.4) is 0 Å². The van der Waals surface area contributed by atoms with Gasteiger partial charge in [-0.05, 0) is 0 Å². The molecule has 0 aromatic heterocycles. The second kappa shape index (κ2) is 3.79. The van der Waals surface area contributed by atoms with Gasteiger partial charge in [-0.1, -0.05) is 12.1 Å². The van der Waals surface area contributed by atoms with E-state index >= 15 is 0 Å². The summed E-state index contributed by atoms with van der Waals surface area (Å²) < 4.78 is 24.6. The molecule has 1 rings (SSSR count). The van der Waals surface area contributed by atoms with E-state index in [2.05, 4.69) is 0 Å². The molecule has 0 saturated carbocycles. The fourth-order valence-electron chi connectivity index (χ4n) is 1.01. The maximum atomic E-state index is 12.3. The number of nitrogens with zero attached hydrogens (tertiary/aromatic N) is 2. The maximum Gasteiger partial charge on any atom is 0.287 e. The number of rotatable bonds is 2. The molecule has 14 heavy (non-hydrogen) atoms. The molecule has 0 bridgehead atoms. The number of halogens is 2. The average Bonchev–Trinajstić information content (AvgIpc) is 2.16. The van der Waals surface area contributed by atoms with E-state index < -0.39 is 28.2 Å². The summed E-state index contributed by atoms with van der Waals surface area (Å²) in [5.74, 6) is 0. The van der Waals surface area contributed by atoms with Gasteiger partial charge in [-0.3, -0.25) is 10.1 Å². The Morgan fingerprint density at radius 3 is 2.57 bits per heavy atom. The first-order chi connectivity index (χ1) is 6.57. The third kappa shape index (κ3) is 1.66. The smallest absolute Gasteiger partial charge is 0.258 e. The van der Waals surface area contributed by atoms with E-state index in [4.69, 9.17) is 5.26 Å². The minimum atomic E-state index is -2.88. The molecule has 0 N–H and O–H groups in total. The SMILES string of the molecule is N#Cc1c(C(F)F)cccc1[N+](=O)[O-]. The molecule has 0 aliphatic rings. The van der Waals surface area contributed by atoms with E-state index in [1.54, 1.807) is 0 Å². The zero-order valence-electron chi connectivity index (χ0n) is 6.78. The van der Waals surface area contributed by atoms with Crippen LogP contribution in [0.15, 0.2) is 18.2 Å². The summed E-state index contributed by atoms with van der Waals surface area (Å²) >= 11 is 0. The first-order valence-electron chi connectivity index (χ1n) is 3.53. The molecule has 0 aliphatic heterocycles. The lowest BCUT2D eigenvalue weighted by atomic mass is 10.1. The average molecular weight is 198 g/mol. The Morgan fingerprint density at radius 1 is 1.50 bits per heavy atom. The number of nitro benzene ring substituents is 1. The summed E-state index contributed by atoms with van der Waals surface area (Å²) in [4.78, 5) is 9.51. The molecule has 0 spiro atoms. The monoisotopic (exact) mass is 198 g/mol. The topological polar surface area (TPSA) is 66.9 Å². The fourth-order valence-corrected chi connectivity index (χ4v) is 1.01. The van der Waals surface area contributed by atoms with Crippen LogP contribution in [0.25, 0.3) is 0 Å². The Kier molecular flexibility index (Phi) is 2.72. The number of alkyl halides is 2. The predicted octanol–water partition coefficient (Wildman–Crippen LogP) is 2.40. The van der Waals surface area contributed by atoms with Gasteiger partial charge in [-0.2, -0.15) is 5.26 Å². The molecule has 1 aromatic rings. The highest BCUT2D eigenvalue weighted by Gasteiger charge is 2.21. The molecule has 0 saturated heterocycles. The molecule has 0 atom stereocenters. The summed E-state index contributed by atoms with van der Waals surface area (Å²) in [6.45, 7) is 0. The molecule has 6 heteroatoms. The zero-order valence-corrected chi connectivity index (χ0v) is 6.78. The van der Waals surface area contributed by atoms with E-state index in [1.165, 1.54) is 6.07 Å². The van der Waals surface area contributed by atoms with Crippen LogP contribution in [-0.4, -0.2) is 4.92 Å². The van der Waals surface area contributed by atoms with Crippen LogP contribution in [0.1, 0.15) is 17.6 Å². The number of hydrogen-bond acceptors (Lipinski definition) is 3. The standard InChI is InChI=1S/C8H4F2N2O2/c9-8(10)5-2-1-3-7(12(13)14)6(5)4-11/h1-3,8H. The molecule has 1 aromatic carbocycles. The quantitative estimate of drug-likeness (QED) is 0.541. The lowest BCUT2D eigenvalue weighted by molar-refractivity contribution is -0.385. The largest absolute Gasteiger partial charge is 0.287 e. The van der Waals surface area contributed by atoms with Crippen molar-refractivity contribution in [2.24, 2.45) is 0 Å². The Bertz CT molecular complexity index is 412. The zero-order chi connectivity index (χ0) is 10.7. The number of nitriles is 1. The van der Waals surface area contributed by atoms with E-state index in [0.717, 1.165) is 18.2 Å². The van der Waals surface area contributed by atoms with Gasteiger partial charge in [0, 0.05) is 11.6 Å². The summed E-state index contributed by atoms with van der Waals surface area (Å²) in [5.41, 5.74) is -1.78. The summed E-state index contributed by atoms with van der Waals surface area (Å²) in [7, 11) is 0. The molecule has 72 valence electrons. The van der Waals surface area contributed by atoms with Gasteiger partial charge in [0.25, 0.3) is 12.1 Å². The number of benzene rings is 1. The number of nitro groups is 1. The highest BCUT2D eigenvalue weighted by Crippen LogP contribution is 2.28. The van der Waals surface area contributed by atoms with Gasteiger partial charge >= 0.3 is 0 Å². The summed E-state index contributed by atoms with van der Waals surface area (Å²) in [5, 5.41) is 18.9. The molecule has 4 nitrogen and oxygen atoms in total. The lowest BCUT2D eigenvalue weighted by Gasteiger charge is -2.01. The first kappa shape index (κ1) is 10.1. The second-order valence-corrected chi connectivity index (χ2v) is 2.41. The van der Waals surface area contributed by atoms with Crippen LogP contribution >= 0.6 is 0 Å². The van der Waals surface area contributed by atoms with Crippen molar-refractivity contribution in [1.29, 1.82) is 5.26 Å². The van der Waals surface area contributed by atoms with Gasteiger partial charge in [-0.15, -0.1) is 0 Å². The Morgan fingerprint density at radius 2 is 2.14 bits per heavy atom. The third-order valence-electron chi connectivity index (χ3n) is 1.62.